The monoisotopic (exact) mass is 301 g/mol. The Kier molecular flexibility index (Phi) is 4.88. The average Bonchev–Trinajstić information content (AvgIpc) is 2.94. The van der Waals surface area contributed by atoms with Crippen molar-refractivity contribution in [1.82, 2.24) is 4.90 Å². The number of carbonyl (C=O) groups is 1. The third kappa shape index (κ3) is 3.97. The van der Waals surface area contributed by atoms with Crippen LogP contribution in [0, 0.1) is 0 Å². The van der Waals surface area contributed by atoms with Gasteiger partial charge in [0.15, 0.2) is 0 Å². The van der Waals surface area contributed by atoms with Crippen LogP contribution >= 0.6 is 0 Å². The van der Waals surface area contributed by atoms with E-state index in [1.807, 2.05) is 6.92 Å². The van der Waals surface area contributed by atoms with Gasteiger partial charge in [0.05, 0.1) is 5.56 Å². The summed E-state index contributed by atoms with van der Waals surface area (Å²) in [6.45, 7) is 3.32. The van der Waals surface area contributed by atoms with Gasteiger partial charge in [0.1, 0.15) is 6.61 Å². The summed E-state index contributed by atoms with van der Waals surface area (Å²) >= 11 is 0. The molecule has 116 valence electrons. The van der Waals surface area contributed by atoms with E-state index in [2.05, 4.69) is 0 Å². The first kappa shape index (κ1) is 15.8. The van der Waals surface area contributed by atoms with Crippen molar-refractivity contribution >= 4 is 5.91 Å². The molecule has 1 aromatic rings. The van der Waals surface area contributed by atoms with Crippen LogP contribution in [0.2, 0.25) is 0 Å². The number of amides is 1. The maximum absolute atomic E-state index is 12.7. The molecule has 1 fully saturated rings. The SMILES string of the molecule is CCOCC(=O)N1CCC(c2cccc(C(F)(F)F)c2)C1. The molecule has 1 heterocycles. The Morgan fingerprint density at radius 1 is 1.43 bits per heavy atom. The number of benzene rings is 1. The Morgan fingerprint density at radius 2 is 2.19 bits per heavy atom. The number of carbonyl (C=O) groups excluding carboxylic acids is 1. The molecular formula is C15H18F3NO2. The molecule has 0 spiro atoms. The van der Waals surface area contributed by atoms with Gasteiger partial charge in [-0.15, -0.1) is 0 Å². The molecule has 1 aliphatic heterocycles. The van der Waals surface area contributed by atoms with Crippen LogP contribution < -0.4 is 0 Å². The van der Waals surface area contributed by atoms with Crippen molar-refractivity contribution in [3.05, 3.63) is 35.4 Å². The highest BCUT2D eigenvalue weighted by atomic mass is 19.4. The molecule has 1 amide bonds. The zero-order chi connectivity index (χ0) is 15.5. The minimum Gasteiger partial charge on any atom is -0.372 e. The van der Waals surface area contributed by atoms with Crippen molar-refractivity contribution in [3.8, 4) is 0 Å². The summed E-state index contributed by atoms with van der Waals surface area (Å²) in [7, 11) is 0. The number of hydrogen-bond donors (Lipinski definition) is 0. The molecule has 1 aromatic carbocycles. The fraction of sp³-hybridized carbons (Fsp3) is 0.533. The van der Waals surface area contributed by atoms with Gasteiger partial charge in [-0.2, -0.15) is 13.2 Å². The molecule has 21 heavy (non-hydrogen) atoms. The number of hydrogen-bond acceptors (Lipinski definition) is 2. The summed E-state index contributed by atoms with van der Waals surface area (Å²) in [5, 5.41) is 0. The minimum absolute atomic E-state index is 0.0335. The van der Waals surface area contributed by atoms with E-state index < -0.39 is 11.7 Å². The Hall–Kier alpha value is -1.56. The normalized spacial score (nSPS) is 19.0. The zero-order valence-electron chi connectivity index (χ0n) is 11.8. The molecular weight excluding hydrogens is 283 g/mol. The molecule has 0 radical (unpaired) electrons. The van der Waals surface area contributed by atoms with E-state index in [1.54, 1.807) is 11.0 Å². The van der Waals surface area contributed by atoms with E-state index in [1.165, 1.54) is 12.1 Å². The Balaban J connectivity index is 2.03. The van der Waals surface area contributed by atoms with Crippen molar-refractivity contribution in [1.29, 1.82) is 0 Å². The van der Waals surface area contributed by atoms with E-state index in [0.717, 1.165) is 6.07 Å². The third-order valence-electron chi connectivity index (χ3n) is 3.66. The molecule has 0 aliphatic carbocycles. The van der Waals surface area contributed by atoms with Gasteiger partial charge in [0.2, 0.25) is 5.91 Å². The van der Waals surface area contributed by atoms with Crippen molar-refractivity contribution in [2.24, 2.45) is 0 Å². The van der Waals surface area contributed by atoms with Crippen molar-refractivity contribution < 1.29 is 22.7 Å². The van der Waals surface area contributed by atoms with E-state index in [0.29, 0.717) is 31.7 Å². The molecule has 6 heteroatoms. The number of nitrogens with zero attached hydrogens (tertiary/aromatic N) is 1. The second-order valence-corrected chi connectivity index (χ2v) is 5.09. The lowest BCUT2D eigenvalue weighted by atomic mass is 9.96. The maximum Gasteiger partial charge on any atom is 0.416 e. The summed E-state index contributed by atoms with van der Waals surface area (Å²) in [6, 6.07) is 5.36. The largest absolute Gasteiger partial charge is 0.416 e. The maximum atomic E-state index is 12.7. The van der Waals surface area contributed by atoms with E-state index >= 15 is 0 Å². The van der Waals surface area contributed by atoms with Crippen molar-refractivity contribution in [3.63, 3.8) is 0 Å². The topological polar surface area (TPSA) is 29.5 Å². The smallest absolute Gasteiger partial charge is 0.372 e. The van der Waals surface area contributed by atoms with Crippen LogP contribution in [0.15, 0.2) is 24.3 Å². The van der Waals surface area contributed by atoms with Gasteiger partial charge in [0, 0.05) is 25.6 Å². The predicted octanol–water partition coefficient (Wildman–Crippen LogP) is 3.06. The molecule has 0 saturated carbocycles. The molecule has 1 aliphatic rings. The minimum atomic E-state index is -4.33. The molecule has 0 aromatic heterocycles. The van der Waals surface area contributed by atoms with Gasteiger partial charge in [0.25, 0.3) is 0 Å². The molecule has 2 rings (SSSR count). The Morgan fingerprint density at radius 3 is 2.86 bits per heavy atom. The van der Waals surface area contributed by atoms with Crippen LogP contribution in [0.5, 0.6) is 0 Å². The molecule has 1 saturated heterocycles. The molecule has 0 N–H and O–H groups in total. The number of rotatable bonds is 4. The average molecular weight is 301 g/mol. The third-order valence-corrected chi connectivity index (χ3v) is 3.66. The summed E-state index contributed by atoms with van der Waals surface area (Å²) in [5.74, 6) is -0.149. The van der Waals surface area contributed by atoms with Crippen LogP contribution in [-0.4, -0.2) is 37.1 Å². The highest BCUT2D eigenvalue weighted by molar-refractivity contribution is 5.77. The van der Waals surface area contributed by atoms with E-state index in [4.69, 9.17) is 4.74 Å². The van der Waals surface area contributed by atoms with Gasteiger partial charge < -0.3 is 9.64 Å². The molecule has 0 bridgehead atoms. The van der Waals surface area contributed by atoms with Crippen LogP contribution in [0.25, 0.3) is 0 Å². The van der Waals surface area contributed by atoms with Crippen molar-refractivity contribution in [2.45, 2.75) is 25.4 Å². The number of alkyl halides is 3. The molecule has 3 nitrogen and oxygen atoms in total. The predicted molar refractivity (Wildman–Crippen MR) is 71.9 cm³/mol. The Labute approximate surface area is 121 Å². The van der Waals surface area contributed by atoms with E-state index in [-0.39, 0.29) is 18.4 Å². The summed E-state index contributed by atoms with van der Waals surface area (Å²) in [4.78, 5) is 13.5. The van der Waals surface area contributed by atoms with Crippen LogP contribution in [0.1, 0.15) is 30.4 Å². The van der Waals surface area contributed by atoms with Crippen LogP contribution in [0.3, 0.4) is 0 Å². The molecule has 1 unspecified atom stereocenters. The first-order chi connectivity index (χ1) is 9.91. The summed E-state index contributed by atoms with van der Waals surface area (Å²) < 4.78 is 43.2. The fourth-order valence-corrected chi connectivity index (χ4v) is 2.51. The fourth-order valence-electron chi connectivity index (χ4n) is 2.51. The summed E-state index contributed by atoms with van der Waals surface area (Å²) in [6.07, 6.45) is -3.65. The number of likely N-dealkylation sites (tertiary alicyclic amines) is 1. The van der Waals surface area contributed by atoms with Crippen LogP contribution in [-0.2, 0) is 15.7 Å². The lowest BCUT2D eigenvalue weighted by Gasteiger charge is -2.17. The van der Waals surface area contributed by atoms with E-state index in [9.17, 15) is 18.0 Å². The van der Waals surface area contributed by atoms with Gasteiger partial charge in [-0.05, 0) is 25.0 Å². The lowest BCUT2D eigenvalue weighted by molar-refractivity contribution is -0.137. The highest BCUT2D eigenvalue weighted by Crippen LogP contribution is 2.33. The van der Waals surface area contributed by atoms with Crippen molar-refractivity contribution in [2.75, 3.05) is 26.3 Å². The lowest BCUT2D eigenvalue weighted by Crippen LogP contribution is -2.31. The Bertz CT molecular complexity index is 502. The number of halogens is 3. The quantitative estimate of drug-likeness (QED) is 0.855. The second-order valence-electron chi connectivity index (χ2n) is 5.09. The zero-order valence-corrected chi connectivity index (χ0v) is 11.8. The van der Waals surface area contributed by atoms with Gasteiger partial charge in [-0.25, -0.2) is 0 Å². The first-order valence-corrected chi connectivity index (χ1v) is 6.94. The second kappa shape index (κ2) is 6.47. The number of ether oxygens (including phenoxy) is 1. The molecule has 1 atom stereocenters. The first-order valence-electron chi connectivity index (χ1n) is 6.94. The summed E-state index contributed by atoms with van der Waals surface area (Å²) in [5.41, 5.74) is -0.00405. The van der Waals surface area contributed by atoms with Gasteiger partial charge in [-0.1, -0.05) is 18.2 Å². The van der Waals surface area contributed by atoms with Crippen LogP contribution in [0.4, 0.5) is 13.2 Å². The standard InChI is InChI=1S/C15H18F3NO2/c1-2-21-10-14(20)19-7-6-12(9-19)11-4-3-5-13(8-11)15(16,17)18/h3-5,8,12H,2,6-7,9-10H2,1H3. The van der Waals surface area contributed by atoms with Gasteiger partial charge in [-0.3, -0.25) is 4.79 Å². The highest BCUT2D eigenvalue weighted by Gasteiger charge is 2.32. The van der Waals surface area contributed by atoms with Gasteiger partial charge >= 0.3 is 6.18 Å².